The van der Waals surface area contributed by atoms with Gasteiger partial charge in [-0.05, 0) is 24.8 Å². The molecule has 1 aromatic carbocycles. The molecule has 0 aromatic heterocycles. The summed E-state index contributed by atoms with van der Waals surface area (Å²) >= 11 is 11.3. The van der Waals surface area contributed by atoms with Gasteiger partial charge in [0.25, 0.3) is 5.70 Å². The molecule has 0 spiro atoms. The minimum absolute atomic E-state index is 0.231. The van der Waals surface area contributed by atoms with Gasteiger partial charge in [0.05, 0.1) is 15.5 Å². The fourth-order valence-corrected chi connectivity index (χ4v) is 1.34. The van der Waals surface area contributed by atoms with E-state index in [0.29, 0.717) is 5.02 Å². The quantitative estimate of drug-likeness (QED) is 0.564. The normalized spacial score (nSPS) is 9.69. The topological polar surface area (TPSA) is 43.1 Å². The average Bonchev–Trinajstić information content (AvgIpc) is 2.03. The van der Waals surface area contributed by atoms with Crippen LogP contribution in [0.5, 0.6) is 0 Å². The van der Waals surface area contributed by atoms with Gasteiger partial charge >= 0.3 is 0 Å². The van der Waals surface area contributed by atoms with Gasteiger partial charge in [0.2, 0.25) is 0 Å². The summed E-state index contributed by atoms with van der Waals surface area (Å²) in [5, 5.41) is 11.0. The van der Waals surface area contributed by atoms with Crippen molar-refractivity contribution in [3.8, 4) is 0 Å². The Hall–Kier alpha value is -1.06. The van der Waals surface area contributed by atoms with E-state index in [2.05, 4.69) is 6.58 Å². The van der Waals surface area contributed by atoms with Crippen LogP contribution in [0.15, 0.2) is 24.8 Å². The summed E-state index contributed by atoms with van der Waals surface area (Å²) in [6.45, 7) is 3.29. The lowest BCUT2D eigenvalue weighted by Crippen LogP contribution is -1.96. The summed E-state index contributed by atoms with van der Waals surface area (Å²) in [5.41, 5.74) is 0.0535. The number of hydrogen-bond acceptors (Lipinski definition) is 2. The molecule has 1 aromatic rings. The number of nitro groups is 1. The molecule has 3 nitrogen and oxygen atoms in total. The van der Waals surface area contributed by atoms with Crippen LogP contribution >= 0.6 is 23.2 Å². The minimum Gasteiger partial charge on any atom is -0.258 e. The summed E-state index contributed by atoms with van der Waals surface area (Å²) in [5.74, 6) is 0. The summed E-state index contributed by atoms with van der Waals surface area (Å²) < 4.78 is 0. The van der Waals surface area contributed by atoms with E-state index in [9.17, 15) is 10.1 Å². The van der Waals surface area contributed by atoms with Gasteiger partial charge in [0.15, 0.2) is 0 Å². The Morgan fingerprint density at radius 3 is 2.54 bits per heavy atom. The molecule has 0 bridgehead atoms. The van der Waals surface area contributed by atoms with E-state index in [-0.39, 0.29) is 16.3 Å². The first-order valence-electron chi connectivity index (χ1n) is 3.31. The molecule has 0 unspecified atom stereocenters. The van der Waals surface area contributed by atoms with Crippen LogP contribution in [0.25, 0.3) is 5.70 Å². The zero-order valence-corrected chi connectivity index (χ0v) is 7.97. The highest BCUT2D eigenvalue weighted by Crippen LogP contribution is 2.26. The van der Waals surface area contributed by atoms with E-state index in [1.165, 1.54) is 18.2 Å². The number of benzene rings is 1. The third kappa shape index (κ3) is 2.20. The summed E-state index contributed by atoms with van der Waals surface area (Å²) in [6.07, 6.45) is 0. The smallest absolute Gasteiger partial charge is 0.258 e. The minimum atomic E-state index is -0.588. The first-order valence-corrected chi connectivity index (χ1v) is 4.06. The maximum absolute atomic E-state index is 10.4. The molecule has 0 saturated carbocycles. The lowest BCUT2D eigenvalue weighted by Gasteiger charge is -2.00. The molecule has 0 aliphatic carbocycles. The fourth-order valence-electron chi connectivity index (χ4n) is 0.822. The molecule has 0 aliphatic rings. The standard InChI is InChI=1S/C8H5Cl2NO2/c1-5(11(12)13)7-3-2-6(9)4-8(7)10/h2-4H,1H2. The van der Waals surface area contributed by atoms with Gasteiger partial charge in [-0.2, -0.15) is 0 Å². The molecule has 0 aliphatic heterocycles. The van der Waals surface area contributed by atoms with Crippen molar-refractivity contribution in [3.63, 3.8) is 0 Å². The second kappa shape index (κ2) is 3.77. The highest BCUT2D eigenvalue weighted by Gasteiger charge is 2.14. The van der Waals surface area contributed by atoms with Crippen LogP contribution in [-0.2, 0) is 0 Å². The van der Waals surface area contributed by atoms with Gasteiger partial charge in [0.1, 0.15) is 0 Å². The molecular formula is C8H5Cl2NO2. The molecule has 0 amide bonds. The van der Waals surface area contributed by atoms with Crippen molar-refractivity contribution >= 4 is 28.9 Å². The van der Waals surface area contributed by atoms with Gasteiger partial charge in [0, 0.05) is 5.02 Å². The van der Waals surface area contributed by atoms with Crippen molar-refractivity contribution in [1.29, 1.82) is 0 Å². The van der Waals surface area contributed by atoms with Crippen LogP contribution in [0.1, 0.15) is 5.56 Å². The van der Waals surface area contributed by atoms with E-state index >= 15 is 0 Å². The Morgan fingerprint density at radius 1 is 1.46 bits per heavy atom. The maximum atomic E-state index is 10.4. The Labute approximate surface area is 84.7 Å². The van der Waals surface area contributed by atoms with Gasteiger partial charge in [-0.15, -0.1) is 0 Å². The Balaban J connectivity index is 3.16. The van der Waals surface area contributed by atoms with Crippen molar-refractivity contribution in [3.05, 3.63) is 50.5 Å². The van der Waals surface area contributed by atoms with Crippen LogP contribution in [-0.4, -0.2) is 4.92 Å². The summed E-state index contributed by atoms with van der Waals surface area (Å²) in [6, 6.07) is 4.43. The van der Waals surface area contributed by atoms with Gasteiger partial charge in [-0.1, -0.05) is 23.2 Å². The zero-order valence-electron chi connectivity index (χ0n) is 6.46. The molecule has 1 rings (SSSR count). The molecule has 0 heterocycles. The van der Waals surface area contributed by atoms with Crippen LogP contribution in [0.4, 0.5) is 0 Å². The molecule has 0 atom stereocenters. The highest BCUT2D eigenvalue weighted by molar-refractivity contribution is 6.35. The number of hydrogen-bond donors (Lipinski definition) is 0. The Kier molecular flexibility index (Phi) is 2.90. The third-order valence-corrected chi connectivity index (χ3v) is 2.01. The van der Waals surface area contributed by atoms with E-state index in [0.717, 1.165) is 0 Å². The Bertz CT molecular complexity index is 376. The average molecular weight is 218 g/mol. The largest absolute Gasteiger partial charge is 0.270 e. The Morgan fingerprint density at radius 2 is 2.08 bits per heavy atom. The van der Waals surface area contributed by atoms with Crippen molar-refractivity contribution in [1.82, 2.24) is 0 Å². The summed E-state index contributed by atoms with van der Waals surface area (Å²) in [7, 11) is 0. The second-order valence-corrected chi connectivity index (χ2v) is 3.17. The first kappa shape index (κ1) is 10.0. The SMILES string of the molecule is C=C(c1ccc(Cl)cc1Cl)[N+](=O)[O-]. The van der Waals surface area contributed by atoms with Gasteiger partial charge < -0.3 is 0 Å². The monoisotopic (exact) mass is 217 g/mol. The lowest BCUT2D eigenvalue weighted by atomic mass is 10.2. The number of nitrogens with zero attached hydrogens (tertiary/aromatic N) is 1. The molecule has 68 valence electrons. The maximum Gasteiger partial charge on any atom is 0.270 e. The number of rotatable bonds is 2. The van der Waals surface area contributed by atoms with E-state index in [4.69, 9.17) is 23.2 Å². The van der Waals surface area contributed by atoms with E-state index in [1.807, 2.05) is 0 Å². The van der Waals surface area contributed by atoms with Crippen molar-refractivity contribution in [2.24, 2.45) is 0 Å². The van der Waals surface area contributed by atoms with Crippen LogP contribution in [0.2, 0.25) is 10.0 Å². The van der Waals surface area contributed by atoms with Crippen molar-refractivity contribution in [2.45, 2.75) is 0 Å². The predicted molar refractivity (Wildman–Crippen MR) is 52.5 cm³/mol. The molecule has 0 N–H and O–H groups in total. The summed E-state index contributed by atoms with van der Waals surface area (Å²) in [4.78, 5) is 9.76. The zero-order chi connectivity index (χ0) is 10.0. The van der Waals surface area contributed by atoms with Crippen molar-refractivity contribution < 1.29 is 4.92 Å². The van der Waals surface area contributed by atoms with E-state index < -0.39 is 4.92 Å². The third-order valence-electron chi connectivity index (χ3n) is 1.46. The predicted octanol–water partition coefficient (Wildman–Crippen LogP) is 3.24. The second-order valence-electron chi connectivity index (χ2n) is 2.33. The molecule has 0 fully saturated rings. The molecule has 5 heteroatoms. The van der Waals surface area contributed by atoms with Crippen LogP contribution < -0.4 is 0 Å². The van der Waals surface area contributed by atoms with Crippen LogP contribution in [0.3, 0.4) is 0 Å². The molecule has 13 heavy (non-hydrogen) atoms. The molecule has 0 radical (unpaired) electrons. The first-order chi connectivity index (χ1) is 6.02. The lowest BCUT2D eigenvalue weighted by molar-refractivity contribution is -0.375. The fraction of sp³-hybridized carbons (Fsp3) is 0. The highest BCUT2D eigenvalue weighted by atomic mass is 35.5. The number of halogens is 2. The van der Waals surface area contributed by atoms with Gasteiger partial charge in [-0.3, -0.25) is 10.1 Å². The van der Waals surface area contributed by atoms with E-state index in [1.54, 1.807) is 0 Å². The molecular weight excluding hydrogens is 213 g/mol. The van der Waals surface area contributed by atoms with Gasteiger partial charge in [-0.25, -0.2) is 0 Å². The molecule has 0 saturated heterocycles. The van der Waals surface area contributed by atoms with Crippen LogP contribution in [0, 0.1) is 10.1 Å². The van der Waals surface area contributed by atoms with Crippen molar-refractivity contribution in [2.75, 3.05) is 0 Å².